The number of ether oxygens (including phenoxy) is 6. The van der Waals surface area contributed by atoms with Crippen molar-refractivity contribution in [2.45, 2.75) is 106 Å². The number of aryl methyl sites for hydroxylation is 5. The van der Waals surface area contributed by atoms with Crippen molar-refractivity contribution in [3.8, 4) is 85.3 Å². The minimum Gasteiger partial charge on any atom is -0.495 e. The Bertz CT molecular complexity index is 7320. The molecule has 0 aliphatic rings. The smallest absolute Gasteiger partial charge is 0.335 e. The van der Waals surface area contributed by atoms with Gasteiger partial charge >= 0.3 is 29.8 Å². The highest BCUT2D eigenvalue weighted by molar-refractivity contribution is 7.18. The van der Waals surface area contributed by atoms with Crippen molar-refractivity contribution in [1.82, 2.24) is 49.8 Å². The van der Waals surface area contributed by atoms with Gasteiger partial charge in [-0.1, -0.05) is 129 Å². The van der Waals surface area contributed by atoms with Gasteiger partial charge in [0.15, 0.2) is 54.4 Å². The minimum atomic E-state index is -1.02. The number of carboxylic acid groups (broad SMARTS) is 5. The van der Waals surface area contributed by atoms with Crippen molar-refractivity contribution in [3.05, 3.63) is 322 Å². The summed E-state index contributed by atoms with van der Waals surface area (Å²) in [5, 5.41) is 70.0. The largest absolute Gasteiger partial charge is 0.495 e. The molecule has 0 amide bonds. The molecule has 36 heteroatoms. The van der Waals surface area contributed by atoms with Crippen LogP contribution in [0, 0.1) is 6.92 Å². The summed E-state index contributed by atoms with van der Waals surface area (Å²) in [4.78, 5) is 107. The number of aliphatic carboxylic acids is 1. The van der Waals surface area contributed by atoms with Crippen LogP contribution in [0.1, 0.15) is 138 Å². The Labute approximate surface area is 859 Å². The van der Waals surface area contributed by atoms with Crippen molar-refractivity contribution >= 4 is 155 Å². The third-order valence-electron chi connectivity index (χ3n) is 22.1. The molecule has 0 fully saturated rings. The maximum Gasteiger partial charge on any atom is 0.335 e. The van der Waals surface area contributed by atoms with Crippen molar-refractivity contribution in [2.75, 3.05) is 69.2 Å². The predicted molar refractivity (Wildman–Crippen MR) is 579 cm³/mol. The second-order valence-electron chi connectivity index (χ2n) is 31.6. The van der Waals surface area contributed by atoms with Crippen LogP contribution >= 0.6 is 56.7 Å². The second kappa shape index (κ2) is 51.8. The number of fused-ring (bicyclic) bond motifs is 1. The summed E-state index contributed by atoms with van der Waals surface area (Å²) in [5.41, 5.74) is 16.0. The summed E-state index contributed by atoms with van der Waals surface area (Å²) in [7, 11) is 9.68. The molecule has 10 aromatic heterocycles. The first-order valence-corrected chi connectivity index (χ1v) is 49.9. The van der Waals surface area contributed by atoms with E-state index in [4.69, 9.17) is 83.6 Å². The maximum absolute atomic E-state index is 11.3. The molecule has 0 unspecified atom stereocenters. The Morgan fingerprint density at radius 2 is 0.648 bits per heavy atom. The number of hydrogen-bond acceptors (Lipinski definition) is 31. The van der Waals surface area contributed by atoms with Crippen molar-refractivity contribution in [1.29, 1.82) is 0 Å². The average Bonchev–Trinajstić information content (AvgIpc) is 1.02. The van der Waals surface area contributed by atoms with E-state index in [1.54, 1.807) is 114 Å². The van der Waals surface area contributed by atoms with Crippen LogP contribution in [0.25, 0.3) is 65.0 Å². The van der Waals surface area contributed by atoms with E-state index in [1.807, 2.05) is 135 Å². The summed E-state index contributed by atoms with van der Waals surface area (Å²) < 4.78 is 31.8. The minimum absolute atomic E-state index is 0.000156. The molecule has 0 spiro atoms. The van der Waals surface area contributed by atoms with Gasteiger partial charge in [0.1, 0.15) is 34.8 Å². The predicted octanol–water partition coefficient (Wildman–Crippen LogP) is 25.4. The molecule has 0 bridgehead atoms. The fourth-order valence-electron chi connectivity index (χ4n) is 14.9. The van der Waals surface area contributed by atoms with Crippen LogP contribution < -0.4 is 55.0 Å². The summed E-state index contributed by atoms with van der Waals surface area (Å²) in [6, 6.07) is 53.4. The molecule has 0 radical (unpaired) electrons. The summed E-state index contributed by atoms with van der Waals surface area (Å²) in [5.74, 6) is 2.37. The second-order valence-corrected chi connectivity index (χ2v) is 36.7. The lowest BCUT2D eigenvalue weighted by molar-refractivity contribution is -0.136. The van der Waals surface area contributed by atoms with E-state index in [-0.39, 0.29) is 28.7 Å². The fraction of sp³-hybridized carbons (Fsp3) is 0.202. The number of nitrogens with one attached hydrogen (secondary N) is 5. The fourth-order valence-corrected chi connectivity index (χ4v) is 18.6. The van der Waals surface area contributed by atoms with Crippen molar-refractivity contribution in [2.24, 2.45) is 0 Å². The SMILES string of the molecule is C=CCc1c(CC)nc(-c2ccc(OC)s2)nc1Nc1ccc(C(=O)O)cc1.C=CCc1c(CC)nc(-c2ccc(OC)s2)nc1Nc1ccc(C(=O)O)cc1OC.C=CCc1c(CC)nc(-c2ccc(OC)s2)nc1Nc1ccc(CC(=O)O)cc1.C=CCc1c(CC)nc(-c2ccc(OC)s2)nc1Nc1ccc2cc(C(=O)O)ccc2c1.CCc1c(C)nc(-c2csc(OC)c2)nc1Nc1ccc(C(=O)O)cc1. The number of aromatic nitrogens is 10. The van der Waals surface area contributed by atoms with Gasteiger partial charge in [-0.2, -0.15) is 0 Å². The molecule has 31 nitrogen and oxygen atoms in total. The molecule has 6 aromatic carbocycles. The molecule has 0 saturated carbocycles. The van der Waals surface area contributed by atoms with Crippen molar-refractivity contribution < 1.29 is 77.9 Å². The molecule has 145 heavy (non-hydrogen) atoms. The van der Waals surface area contributed by atoms with E-state index in [9.17, 15) is 34.2 Å². The van der Waals surface area contributed by atoms with Gasteiger partial charge in [-0.05, 0) is 233 Å². The molecule has 16 aromatic rings. The topological polar surface area (TPSA) is 431 Å². The Balaban J connectivity index is 0.000000162. The van der Waals surface area contributed by atoms with Crippen LogP contribution in [0.4, 0.5) is 57.5 Å². The Hall–Kier alpha value is -16.4. The van der Waals surface area contributed by atoms with E-state index in [1.165, 1.54) is 75.9 Å². The number of carboxylic acids is 5. The van der Waals surface area contributed by atoms with Crippen LogP contribution in [0.5, 0.6) is 31.1 Å². The first-order valence-electron chi connectivity index (χ1n) is 45.7. The number of anilines is 10. The zero-order valence-electron chi connectivity index (χ0n) is 81.8. The third kappa shape index (κ3) is 28.1. The van der Waals surface area contributed by atoms with E-state index in [2.05, 4.69) is 90.6 Å². The molecule has 16 rings (SSSR count). The summed E-state index contributed by atoms with van der Waals surface area (Å²) >= 11 is 7.45. The van der Waals surface area contributed by atoms with Gasteiger partial charge in [0.05, 0.1) is 96.5 Å². The van der Waals surface area contributed by atoms with Gasteiger partial charge in [-0.15, -0.1) is 37.7 Å². The number of hydrogen-bond donors (Lipinski definition) is 10. The molecule has 0 aliphatic carbocycles. The highest BCUT2D eigenvalue weighted by Crippen LogP contribution is 2.42. The Morgan fingerprint density at radius 1 is 0.324 bits per heavy atom. The number of rotatable bonds is 40. The lowest BCUT2D eigenvalue weighted by atomic mass is 10.1. The standard InChI is InChI=1S/C25H23N3O3S.C22H23N3O4S.C22H23N3O3S.C21H21N3O3S.C19H19N3O3S/c1-4-6-19-20(5-2)27-24(21-11-12-22(31-3)32-21)28-23(19)26-18-10-9-15-13-17(25(29)30)8-7-16(15)14-18;1-5-7-14-15(6-2)23-21(18-10-11-19(29-4)30-18)25-20(14)24-16-9-8-13(22(26)27)12-17(16)28-3;1-4-6-16-17(5-2)24-22(18-11-12-20(28-3)29-18)25-21(16)23-15-9-7-14(8-10-15)13-19(26)27;1-4-6-15-16(5-2)23-20(17-11-12-18(27-3)28-17)24-19(15)22-14-9-7-13(8-10-14)21(25)26;1-4-15-11(2)20-17(13-9-16(25-3)26-10-13)22-18(15)21-14-7-5-12(6-8-14)19(23)24/h4,7-14H,1,5-6H2,2-3H3,(H,29,30)(H,26,27,28);5,8-12H,1,6-7H2,2-4H3,(H,26,27)(H,23,24,25);4,7-12H,1,5-6,13H2,2-3H3,(H,26,27)(H,23,24,25);4,7-12H,1,5-6H2,2-3H3,(H,25,26)(H,22,23,24);5-10H,4H2,1-3H3,(H,23,24)(H,20,21,22). The highest BCUT2D eigenvalue weighted by atomic mass is 32.1. The normalized spacial score (nSPS) is 10.6. The first-order chi connectivity index (χ1) is 70.1. The molecule has 746 valence electrons. The molecule has 0 aliphatic heterocycles. The van der Waals surface area contributed by atoms with E-state index in [0.717, 1.165) is 195 Å². The lowest BCUT2D eigenvalue weighted by Crippen LogP contribution is -2.08. The molecule has 10 N–H and O–H groups in total. The summed E-state index contributed by atoms with van der Waals surface area (Å²) in [6.07, 6.45) is 13.7. The van der Waals surface area contributed by atoms with Gasteiger partial charge in [-0.3, -0.25) is 4.79 Å². The number of nitrogens with zero attached hydrogens (tertiary/aromatic N) is 10. The molecular weight excluding hydrogens is 1940 g/mol. The van der Waals surface area contributed by atoms with Crippen LogP contribution in [-0.2, 0) is 69.0 Å². The average molecular weight is 2050 g/mol. The number of aromatic carboxylic acids is 4. The van der Waals surface area contributed by atoms with E-state index < -0.39 is 29.8 Å². The monoisotopic (exact) mass is 2040 g/mol. The lowest BCUT2D eigenvalue weighted by Gasteiger charge is -2.17. The zero-order valence-corrected chi connectivity index (χ0v) is 85.9. The summed E-state index contributed by atoms with van der Waals surface area (Å²) in [6.45, 7) is 27.7. The zero-order chi connectivity index (χ0) is 104. The van der Waals surface area contributed by atoms with Crippen LogP contribution in [0.15, 0.2) is 238 Å². The maximum atomic E-state index is 11.3. The number of allylic oxidation sites excluding steroid dienone is 4. The van der Waals surface area contributed by atoms with Crippen LogP contribution in [0.2, 0.25) is 0 Å². The van der Waals surface area contributed by atoms with Gasteiger partial charge in [0.2, 0.25) is 0 Å². The van der Waals surface area contributed by atoms with Gasteiger partial charge in [0.25, 0.3) is 0 Å². The van der Waals surface area contributed by atoms with Gasteiger partial charge < -0.3 is 80.5 Å². The molecule has 0 saturated heterocycles. The van der Waals surface area contributed by atoms with Crippen LogP contribution in [0.3, 0.4) is 0 Å². The number of thiophene rings is 5. The first kappa shape index (κ1) is 107. The van der Waals surface area contributed by atoms with E-state index in [0.29, 0.717) is 77.9 Å². The van der Waals surface area contributed by atoms with Gasteiger partial charge in [-0.25, -0.2) is 69.0 Å². The number of benzene rings is 6. The Kier molecular flexibility index (Phi) is 38.4. The molecule has 0 atom stereocenters. The van der Waals surface area contributed by atoms with Crippen molar-refractivity contribution in [3.63, 3.8) is 0 Å². The van der Waals surface area contributed by atoms with E-state index >= 15 is 0 Å². The van der Waals surface area contributed by atoms with Gasteiger partial charge in [0, 0.05) is 96.0 Å². The Morgan fingerprint density at radius 3 is 0.986 bits per heavy atom. The van der Waals surface area contributed by atoms with Crippen LogP contribution in [-0.4, -0.2) is 148 Å². The third-order valence-corrected chi connectivity index (χ3v) is 27.2. The molecular formula is C109H109N15O16S5. The quantitative estimate of drug-likeness (QED) is 0.0159. The highest BCUT2D eigenvalue weighted by Gasteiger charge is 2.25. The number of methoxy groups -OCH3 is 6. The molecule has 10 heterocycles. The number of carbonyl (C=O) groups is 5.